The summed E-state index contributed by atoms with van der Waals surface area (Å²) in [6.45, 7) is 1.41. The Balaban J connectivity index is 1.75. The van der Waals surface area contributed by atoms with Crippen molar-refractivity contribution in [2.45, 2.75) is 25.7 Å². The van der Waals surface area contributed by atoms with Crippen LogP contribution in [0, 0.1) is 11.3 Å². The number of hydrogen-bond donors (Lipinski definition) is 1. The third kappa shape index (κ3) is 2.32. The number of nitrogens with one attached hydrogen (secondary N) is 1. The number of imidazole rings is 1. The van der Waals surface area contributed by atoms with Gasteiger partial charge in [0.05, 0.1) is 6.33 Å². The summed E-state index contributed by atoms with van der Waals surface area (Å²) in [5.74, 6) is 0.152. The zero-order chi connectivity index (χ0) is 15.0. The standard InChI is InChI=1S/C15H22N4O2/c1-16-13(20)11-4-3-5-15(11)6-7-19(9-15)14(21)12-8-18(2)10-17-12/h8,10-11H,3-7,9H2,1-2H3,(H,16,20)/t11-,15+/m1/s1. The Labute approximate surface area is 124 Å². The Kier molecular flexibility index (Phi) is 3.47. The van der Waals surface area contributed by atoms with Gasteiger partial charge in [-0.3, -0.25) is 9.59 Å². The monoisotopic (exact) mass is 290 g/mol. The minimum atomic E-state index is -0.0233. The van der Waals surface area contributed by atoms with Crippen molar-refractivity contribution in [2.75, 3.05) is 20.1 Å². The molecule has 0 unspecified atom stereocenters. The molecule has 2 amide bonds. The number of nitrogens with zero attached hydrogens (tertiary/aromatic N) is 3. The van der Waals surface area contributed by atoms with Gasteiger partial charge in [0.1, 0.15) is 5.69 Å². The molecular formula is C15H22N4O2. The van der Waals surface area contributed by atoms with Crippen molar-refractivity contribution in [3.8, 4) is 0 Å². The fourth-order valence-corrected chi connectivity index (χ4v) is 3.97. The Morgan fingerprint density at radius 2 is 2.24 bits per heavy atom. The van der Waals surface area contributed by atoms with Crippen LogP contribution in [0.4, 0.5) is 0 Å². The van der Waals surface area contributed by atoms with Gasteiger partial charge in [-0.25, -0.2) is 4.98 Å². The average Bonchev–Trinajstić information content (AvgIpc) is 3.19. The fraction of sp³-hybridized carbons (Fsp3) is 0.667. The van der Waals surface area contributed by atoms with E-state index in [0.717, 1.165) is 32.2 Å². The lowest BCUT2D eigenvalue weighted by molar-refractivity contribution is -0.127. The molecule has 2 fully saturated rings. The molecule has 1 aliphatic heterocycles. The van der Waals surface area contributed by atoms with E-state index in [9.17, 15) is 9.59 Å². The zero-order valence-electron chi connectivity index (χ0n) is 12.6. The molecule has 0 bridgehead atoms. The van der Waals surface area contributed by atoms with Crippen LogP contribution >= 0.6 is 0 Å². The number of carbonyl (C=O) groups excluding carboxylic acids is 2. The summed E-state index contributed by atoms with van der Waals surface area (Å²) in [6, 6.07) is 0. The first-order chi connectivity index (χ1) is 10.1. The van der Waals surface area contributed by atoms with Crippen molar-refractivity contribution >= 4 is 11.8 Å². The molecule has 0 radical (unpaired) electrons. The van der Waals surface area contributed by atoms with Crippen molar-refractivity contribution in [1.82, 2.24) is 19.8 Å². The van der Waals surface area contributed by atoms with E-state index in [0.29, 0.717) is 12.2 Å². The topological polar surface area (TPSA) is 67.2 Å². The molecule has 1 aromatic rings. The Bertz CT molecular complexity index is 568. The van der Waals surface area contributed by atoms with Gasteiger partial charge in [-0.1, -0.05) is 6.42 Å². The van der Waals surface area contributed by atoms with E-state index in [1.807, 2.05) is 11.9 Å². The average molecular weight is 290 g/mol. The number of amides is 2. The predicted octanol–water partition coefficient (Wildman–Crippen LogP) is 0.798. The summed E-state index contributed by atoms with van der Waals surface area (Å²) in [5.41, 5.74) is 0.467. The molecule has 6 heteroatoms. The molecule has 1 spiro atoms. The lowest BCUT2D eigenvalue weighted by atomic mass is 9.76. The van der Waals surface area contributed by atoms with Crippen LogP contribution in [0.5, 0.6) is 0 Å². The van der Waals surface area contributed by atoms with E-state index < -0.39 is 0 Å². The molecule has 1 N–H and O–H groups in total. The normalized spacial score (nSPS) is 28.3. The van der Waals surface area contributed by atoms with Crippen LogP contribution in [0.3, 0.4) is 0 Å². The van der Waals surface area contributed by atoms with Gasteiger partial charge in [0, 0.05) is 44.7 Å². The highest BCUT2D eigenvalue weighted by Crippen LogP contribution is 2.49. The van der Waals surface area contributed by atoms with E-state index >= 15 is 0 Å². The molecule has 1 aromatic heterocycles. The number of hydrogen-bond acceptors (Lipinski definition) is 3. The van der Waals surface area contributed by atoms with Crippen molar-refractivity contribution in [1.29, 1.82) is 0 Å². The molecule has 6 nitrogen and oxygen atoms in total. The first-order valence-corrected chi connectivity index (χ1v) is 7.54. The van der Waals surface area contributed by atoms with E-state index in [1.165, 1.54) is 0 Å². The lowest BCUT2D eigenvalue weighted by Crippen LogP contribution is -2.40. The number of carbonyl (C=O) groups is 2. The largest absolute Gasteiger partial charge is 0.359 e. The molecule has 1 saturated heterocycles. The Hall–Kier alpha value is -1.85. The molecule has 1 aliphatic carbocycles. The van der Waals surface area contributed by atoms with E-state index in [1.54, 1.807) is 24.1 Å². The van der Waals surface area contributed by atoms with Crippen LogP contribution in [0.15, 0.2) is 12.5 Å². The summed E-state index contributed by atoms with van der Waals surface area (Å²) in [7, 11) is 3.55. The molecule has 0 aromatic carbocycles. The number of rotatable bonds is 2. The molecule has 2 aliphatic rings. The second-order valence-electron chi connectivity index (χ2n) is 6.32. The van der Waals surface area contributed by atoms with Crippen LogP contribution in [-0.4, -0.2) is 46.4 Å². The summed E-state index contributed by atoms with van der Waals surface area (Å²) in [4.78, 5) is 30.6. The highest BCUT2D eigenvalue weighted by molar-refractivity contribution is 5.92. The number of aromatic nitrogens is 2. The smallest absolute Gasteiger partial charge is 0.274 e. The third-order valence-electron chi connectivity index (χ3n) is 5.07. The van der Waals surface area contributed by atoms with E-state index in [2.05, 4.69) is 10.3 Å². The highest BCUT2D eigenvalue weighted by atomic mass is 16.2. The second kappa shape index (κ2) is 5.16. The van der Waals surface area contributed by atoms with Gasteiger partial charge in [0.15, 0.2) is 0 Å². The molecule has 2 heterocycles. The first kappa shape index (κ1) is 14.1. The first-order valence-electron chi connectivity index (χ1n) is 7.54. The van der Waals surface area contributed by atoms with Gasteiger partial charge in [-0.05, 0) is 19.3 Å². The maximum absolute atomic E-state index is 12.5. The fourth-order valence-electron chi connectivity index (χ4n) is 3.97. The van der Waals surface area contributed by atoms with Crippen molar-refractivity contribution in [3.05, 3.63) is 18.2 Å². The SMILES string of the molecule is CNC(=O)[C@H]1CCC[C@@]12CCN(C(=O)c1cn(C)cn1)C2. The van der Waals surface area contributed by atoms with Gasteiger partial charge >= 0.3 is 0 Å². The zero-order valence-corrected chi connectivity index (χ0v) is 12.6. The molecule has 3 rings (SSSR count). The molecule has 2 atom stereocenters. The highest BCUT2D eigenvalue weighted by Gasteiger charge is 2.51. The quantitative estimate of drug-likeness (QED) is 0.876. The van der Waals surface area contributed by atoms with Crippen LogP contribution in [0.25, 0.3) is 0 Å². The van der Waals surface area contributed by atoms with Gasteiger partial charge in [0.2, 0.25) is 5.91 Å². The maximum Gasteiger partial charge on any atom is 0.274 e. The van der Waals surface area contributed by atoms with Crippen LogP contribution in [0.1, 0.15) is 36.2 Å². The number of aryl methyl sites for hydroxylation is 1. The van der Waals surface area contributed by atoms with Crippen LogP contribution < -0.4 is 5.32 Å². The van der Waals surface area contributed by atoms with E-state index in [4.69, 9.17) is 0 Å². The van der Waals surface area contributed by atoms with Crippen molar-refractivity contribution in [2.24, 2.45) is 18.4 Å². The Morgan fingerprint density at radius 1 is 1.43 bits per heavy atom. The van der Waals surface area contributed by atoms with Gasteiger partial charge < -0.3 is 14.8 Å². The van der Waals surface area contributed by atoms with Crippen LogP contribution in [0.2, 0.25) is 0 Å². The minimum Gasteiger partial charge on any atom is -0.359 e. The van der Waals surface area contributed by atoms with Crippen LogP contribution in [-0.2, 0) is 11.8 Å². The lowest BCUT2D eigenvalue weighted by Gasteiger charge is -2.30. The van der Waals surface area contributed by atoms with Crippen molar-refractivity contribution in [3.63, 3.8) is 0 Å². The molecule has 114 valence electrons. The number of likely N-dealkylation sites (tertiary alicyclic amines) is 1. The summed E-state index contributed by atoms with van der Waals surface area (Å²) in [5, 5.41) is 2.78. The molecule has 1 saturated carbocycles. The Morgan fingerprint density at radius 3 is 2.90 bits per heavy atom. The predicted molar refractivity (Wildman–Crippen MR) is 77.6 cm³/mol. The molecule has 21 heavy (non-hydrogen) atoms. The maximum atomic E-state index is 12.5. The summed E-state index contributed by atoms with van der Waals surface area (Å²) >= 11 is 0. The van der Waals surface area contributed by atoms with Gasteiger partial charge in [0.25, 0.3) is 5.91 Å². The van der Waals surface area contributed by atoms with Crippen molar-refractivity contribution < 1.29 is 9.59 Å². The van der Waals surface area contributed by atoms with Gasteiger partial charge in [-0.15, -0.1) is 0 Å². The minimum absolute atomic E-state index is 0.0185. The second-order valence-corrected chi connectivity index (χ2v) is 6.32. The summed E-state index contributed by atoms with van der Waals surface area (Å²) in [6.07, 6.45) is 7.36. The van der Waals surface area contributed by atoms with E-state index in [-0.39, 0.29) is 23.1 Å². The summed E-state index contributed by atoms with van der Waals surface area (Å²) < 4.78 is 1.78. The van der Waals surface area contributed by atoms with Gasteiger partial charge in [-0.2, -0.15) is 0 Å². The molecular weight excluding hydrogens is 268 g/mol. The third-order valence-corrected chi connectivity index (χ3v) is 5.07.